The fraction of sp³-hybridized carbons (Fsp3) is 0.571. The number of likely N-dealkylation sites (N-methyl/N-ethyl adjacent to an activating group) is 1. The van der Waals surface area contributed by atoms with E-state index < -0.39 is 5.97 Å². The monoisotopic (exact) mass is 143 g/mol. The number of carbonyl (C=O) groups is 1. The molecule has 0 spiro atoms. The Hall–Kier alpha value is -0.830. The SMILES string of the molecule is CNC(C)/C(C)=C\C(=O)O. The summed E-state index contributed by atoms with van der Waals surface area (Å²) < 4.78 is 0. The lowest BCUT2D eigenvalue weighted by molar-refractivity contribution is -0.131. The molecular weight excluding hydrogens is 130 g/mol. The zero-order valence-corrected chi connectivity index (χ0v) is 6.51. The van der Waals surface area contributed by atoms with Gasteiger partial charge in [-0.15, -0.1) is 0 Å². The molecule has 0 radical (unpaired) electrons. The molecule has 0 bridgehead atoms. The number of carboxylic acids is 1. The van der Waals surface area contributed by atoms with E-state index in [0.29, 0.717) is 0 Å². The van der Waals surface area contributed by atoms with E-state index in [1.165, 1.54) is 6.08 Å². The van der Waals surface area contributed by atoms with E-state index in [0.717, 1.165) is 5.57 Å². The summed E-state index contributed by atoms with van der Waals surface area (Å²) in [6, 6.07) is 0.135. The Kier molecular flexibility index (Phi) is 3.72. The van der Waals surface area contributed by atoms with Crippen LogP contribution in [0, 0.1) is 0 Å². The summed E-state index contributed by atoms with van der Waals surface area (Å²) in [5, 5.41) is 11.3. The van der Waals surface area contributed by atoms with Gasteiger partial charge in [-0.2, -0.15) is 0 Å². The molecule has 1 atom stereocenters. The number of nitrogens with one attached hydrogen (secondary N) is 1. The van der Waals surface area contributed by atoms with Gasteiger partial charge in [-0.05, 0) is 26.5 Å². The Balaban J connectivity index is 4.04. The molecule has 0 aromatic rings. The Labute approximate surface area is 60.7 Å². The Morgan fingerprint density at radius 1 is 1.70 bits per heavy atom. The quantitative estimate of drug-likeness (QED) is 0.569. The molecule has 10 heavy (non-hydrogen) atoms. The fourth-order valence-corrected chi connectivity index (χ4v) is 0.547. The van der Waals surface area contributed by atoms with E-state index in [-0.39, 0.29) is 6.04 Å². The highest BCUT2D eigenvalue weighted by Crippen LogP contribution is 1.98. The molecule has 0 aliphatic rings. The summed E-state index contributed by atoms with van der Waals surface area (Å²) in [7, 11) is 1.80. The zero-order chi connectivity index (χ0) is 8.15. The van der Waals surface area contributed by atoms with Crippen LogP contribution in [0.2, 0.25) is 0 Å². The Morgan fingerprint density at radius 2 is 2.20 bits per heavy atom. The average molecular weight is 143 g/mol. The van der Waals surface area contributed by atoms with Crippen molar-refractivity contribution < 1.29 is 9.90 Å². The van der Waals surface area contributed by atoms with Gasteiger partial charge in [0.05, 0.1) is 0 Å². The highest BCUT2D eigenvalue weighted by Gasteiger charge is 2.00. The van der Waals surface area contributed by atoms with Crippen LogP contribution in [0.15, 0.2) is 11.6 Å². The van der Waals surface area contributed by atoms with Gasteiger partial charge in [0, 0.05) is 12.1 Å². The lowest BCUT2D eigenvalue weighted by atomic mass is 10.1. The first kappa shape index (κ1) is 9.17. The third-order valence-corrected chi connectivity index (χ3v) is 1.47. The third-order valence-electron chi connectivity index (χ3n) is 1.47. The van der Waals surface area contributed by atoms with Crippen LogP contribution in [0.3, 0.4) is 0 Å². The molecule has 1 unspecified atom stereocenters. The lowest BCUT2D eigenvalue weighted by Gasteiger charge is -2.08. The van der Waals surface area contributed by atoms with Gasteiger partial charge in [0.2, 0.25) is 0 Å². The van der Waals surface area contributed by atoms with Crippen LogP contribution in [0.5, 0.6) is 0 Å². The van der Waals surface area contributed by atoms with Gasteiger partial charge >= 0.3 is 5.97 Å². The number of hydrogen-bond donors (Lipinski definition) is 2. The summed E-state index contributed by atoms with van der Waals surface area (Å²) in [5.41, 5.74) is 0.829. The molecule has 0 amide bonds. The molecular formula is C7H13NO2. The van der Waals surface area contributed by atoms with Gasteiger partial charge < -0.3 is 10.4 Å². The van der Waals surface area contributed by atoms with Gasteiger partial charge in [-0.1, -0.05) is 0 Å². The molecule has 3 heteroatoms. The molecule has 0 fully saturated rings. The van der Waals surface area contributed by atoms with Gasteiger partial charge in [0.15, 0.2) is 0 Å². The van der Waals surface area contributed by atoms with E-state index in [2.05, 4.69) is 5.32 Å². The van der Waals surface area contributed by atoms with Gasteiger partial charge in [-0.3, -0.25) is 0 Å². The van der Waals surface area contributed by atoms with Crippen molar-refractivity contribution in [3.63, 3.8) is 0 Å². The molecule has 0 rings (SSSR count). The topological polar surface area (TPSA) is 49.3 Å². The molecule has 3 nitrogen and oxygen atoms in total. The van der Waals surface area contributed by atoms with Crippen LogP contribution in [-0.2, 0) is 4.79 Å². The highest BCUT2D eigenvalue weighted by atomic mass is 16.4. The molecule has 0 heterocycles. The Bertz CT molecular complexity index is 152. The summed E-state index contributed by atoms with van der Waals surface area (Å²) >= 11 is 0. The van der Waals surface area contributed by atoms with Gasteiger partial charge in [-0.25, -0.2) is 4.79 Å². The van der Waals surface area contributed by atoms with Crippen molar-refractivity contribution in [2.24, 2.45) is 0 Å². The first-order valence-electron chi connectivity index (χ1n) is 3.16. The fourth-order valence-electron chi connectivity index (χ4n) is 0.547. The molecule has 0 saturated heterocycles. The van der Waals surface area contributed by atoms with E-state index in [9.17, 15) is 4.79 Å². The highest BCUT2D eigenvalue weighted by molar-refractivity contribution is 5.80. The number of carboxylic acid groups (broad SMARTS) is 1. The molecule has 0 aliphatic carbocycles. The van der Waals surface area contributed by atoms with E-state index >= 15 is 0 Å². The van der Waals surface area contributed by atoms with Crippen molar-refractivity contribution in [2.45, 2.75) is 19.9 Å². The number of hydrogen-bond acceptors (Lipinski definition) is 2. The second kappa shape index (κ2) is 4.06. The summed E-state index contributed by atoms with van der Waals surface area (Å²) in [4.78, 5) is 10.1. The third kappa shape index (κ3) is 3.25. The van der Waals surface area contributed by atoms with E-state index in [1.807, 2.05) is 6.92 Å². The minimum Gasteiger partial charge on any atom is -0.478 e. The normalized spacial score (nSPS) is 14.9. The van der Waals surface area contributed by atoms with Crippen molar-refractivity contribution in [1.82, 2.24) is 5.32 Å². The minimum atomic E-state index is -0.889. The van der Waals surface area contributed by atoms with Crippen LogP contribution < -0.4 is 5.32 Å². The molecule has 0 aliphatic heterocycles. The first-order chi connectivity index (χ1) is 4.57. The van der Waals surface area contributed by atoms with Crippen LogP contribution in [0.4, 0.5) is 0 Å². The first-order valence-corrected chi connectivity index (χ1v) is 3.16. The predicted octanol–water partition coefficient (Wildman–Crippen LogP) is 0.625. The van der Waals surface area contributed by atoms with Gasteiger partial charge in [0.1, 0.15) is 0 Å². The maximum Gasteiger partial charge on any atom is 0.328 e. The van der Waals surface area contributed by atoms with Crippen LogP contribution >= 0.6 is 0 Å². The summed E-state index contributed by atoms with van der Waals surface area (Å²) in [6.45, 7) is 3.70. The van der Waals surface area contributed by atoms with E-state index in [4.69, 9.17) is 5.11 Å². The van der Waals surface area contributed by atoms with Crippen LogP contribution in [0.1, 0.15) is 13.8 Å². The van der Waals surface area contributed by atoms with Crippen molar-refractivity contribution in [3.8, 4) is 0 Å². The van der Waals surface area contributed by atoms with Crippen molar-refractivity contribution in [1.29, 1.82) is 0 Å². The largest absolute Gasteiger partial charge is 0.478 e. The molecule has 0 aromatic heterocycles. The maximum atomic E-state index is 10.1. The summed E-state index contributed by atoms with van der Waals surface area (Å²) in [6.07, 6.45) is 1.21. The average Bonchev–Trinajstić information content (AvgIpc) is 1.85. The van der Waals surface area contributed by atoms with Crippen LogP contribution in [0.25, 0.3) is 0 Å². The predicted molar refractivity (Wildman–Crippen MR) is 39.9 cm³/mol. The second-order valence-electron chi connectivity index (χ2n) is 2.24. The molecule has 2 N–H and O–H groups in total. The minimum absolute atomic E-state index is 0.135. The smallest absolute Gasteiger partial charge is 0.328 e. The van der Waals surface area contributed by atoms with Gasteiger partial charge in [0.25, 0.3) is 0 Å². The lowest BCUT2D eigenvalue weighted by Crippen LogP contribution is -2.22. The molecule has 0 aromatic carbocycles. The van der Waals surface area contributed by atoms with Crippen molar-refractivity contribution >= 4 is 5.97 Å². The Morgan fingerprint density at radius 3 is 2.50 bits per heavy atom. The van der Waals surface area contributed by atoms with E-state index in [1.54, 1.807) is 14.0 Å². The summed E-state index contributed by atoms with van der Waals surface area (Å²) in [5.74, 6) is -0.889. The zero-order valence-electron chi connectivity index (χ0n) is 6.51. The maximum absolute atomic E-state index is 10.1. The standard InChI is InChI=1S/C7H13NO2/c1-5(4-7(9)10)6(2)8-3/h4,6,8H,1-3H3,(H,9,10)/b5-4-. The van der Waals surface area contributed by atoms with Crippen molar-refractivity contribution in [2.75, 3.05) is 7.05 Å². The van der Waals surface area contributed by atoms with Crippen LogP contribution in [-0.4, -0.2) is 24.2 Å². The molecule has 58 valence electrons. The molecule has 0 saturated carbocycles. The number of aliphatic carboxylic acids is 1. The second-order valence-corrected chi connectivity index (χ2v) is 2.24. The number of rotatable bonds is 3. The van der Waals surface area contributed by atoms with Crippen molar-refractivity contribution in [3.05, 3.63) is 11.6 Å².